The van der Waals surface area contributed by atoms with E-state index in [9.17, 15) is 14.0 Å². The van der Waals surface area contributed by atoms with Gasteiger partial charge >= 0.3 is 0 Å². The van der Waals surface area contributed by atoms with Gasteiger partial charge in [-0.2, -0.15) is 0 Å². The molecule has 1 N–H and O–H groups in total. The van der Waals surface area contributed by atoms with Crippen molar-refractivity contribution in [2.24, 2.45) is 0 Å². The molecule has 0 radical (unpaired) electrons. The predicted octanol–water partition coefficient (Wildman–Crippen LogP) is 4.78. The van der Waals surface area contributed by atoms with Crippen molar-refractivity contribution < 1.29 is 18.7 Å². The van der Waals surface area contributed by atoms with Crippen LogP contribution in [0.25, 0.3) is 11.0 Å². The molecule has 1 aliphatic carbocycles. The minimum absolute atomic E-state index is 0.0263. The number of nitrogens with one attached hydrogen (secondary N) is 1. The third-order valence-corrected chi connectivity index (χ3v) is 8.41. The second-order valence-corrected chi connectivity index (χ2v) is 11.0. The summed E-state index contributed by atoms with van der Waals surface area (Å²) in [5.74, 6) is -0.977. The predicted molar refractivity (Wildman–Crippen MR) is 158 cm³/mol. The number of hydrogen-bond acceptors (Lipinski definition) is 6. The minimum Gasteiger partial charge on any atom is -0.378 e. The molecule has 4 aromatic rings. The van der Waals surface area contributed by atoms with Crippen molar-refractivity contribution in [3.8, 4) is 0 Å². The van der Waals surface area contributed by atoms with Gasteiger partial charge in [0.25, 0.3) is 0 Å². The lowest BCUT2D eigenvalue weighted by molar-refractivity contribution is -0.149. The van der Waals surface area contributed by atoms with E-state index in [1.807, 2.05) is 48.5 Å². The van der Waals surface area contributed by atoms with Gasteiger partial charge in [0.1, 0.15) is 23.4 Å². The molecule has 2 amide bonds. The van der Waals surface area contributed by atoms with E-state index in [-0.39, 0.29) is 24.9 Å². The van der Waals surface area contributed by atoms with Crippen molar-refractivity contribution in [1.82, 2.24) is 19.9 Å². The average molecular weight is 571 g/mol. The van der Waals surface area contributed by atoms with Gasteiger partial charge in [-0.1, -0.05) is 54.8 Å². The normalized spacial score (nSPS) is 16.7. The molecule has 1 aromatic heterocycles. The number of para-hydroxylation sites is 1. The largest absolute Gasteiger partial charge is 0.378 e. The molecule has 9 nitrogen and oxygen atoms in total. The van der Waals surface area contributed by atoms with Crippen molar-refractivity contribution in [2.75, 3.05) is 36.5 Å². The van der Waals surface area contributed by atoms with E-state index in [4.69, 9.17) is 4.74 Å². The highest BCUT2D eigenvalue weighted by molar-refractivity contribution is 6.00. The van der Waals surface area contributed by atoms with Gasteiger partial charge in [-0.3, -0.25) is 9.59 Å². The number of ether oxygens (including phenoxy) is 1. The van der Waals surface area contributed by atoms with Gasteiger partial charge in [-0.05, 0) is 55.3 Å². The molecule has 218 valence electrons. The first-order chi connectivity index (χ1) is 20.5. The van der Waals surface area contributed by atoms with Crippen LogP contribution in [0.2, 0.25) is 0 Å². The third-order valence-electron chi connectivity index (χ3n) is 8.41. The molecule has 1 saturated heterocycles. The SMILES string of the molecule is O=C(Cn1nnc2ccccc21)N(Cc1ccccc1F)C1(C(=O)Nc2ccc(N3CCOCC3)cc2)CCCCC1. The maximum Gasteiger partial charge on any atom is 0.250 e. The van der Waals surface area contributed by atoms with Gasteiger partial charge in [0, 0.05) is 36.6 Å². The van der Waals surface area contributed by atoms with Gasteiger partial charge < -0.3 is 19.9 Å². The van der Waals surface area contributed by atoms with E-state index in [1.54, 1.807) is 27.8 Å². The number of amides is 2. The van der Waals surface area contributed by atoms with E-state index < -0.39 is 11.4 Å². The minimum atomic E-state index is -1.14. The molecule has 0 unspecified atom stereocenters. The molecular weight excluding hydrogens is 535 g/mol. The fourth-order valence-electron chi connectivity index (χ4n) is 6.10. The quantitative estimate of drug-likeness (QED) is 0.328. The van der Waals surface area contributed by atoms with Crippen LogP contribution in [-0.2, 0) is 27.4 Å². The summed E-state index contributed by atoms with van der Waals surface area (Å²) in [4.78, 5) is 32.3. The van der Waals surface area contributed by atoms with Crippen LogP contribution < -0.4 is 10.2 Å². The number of aromatic nitrogens is 3. The Hall–Kier alpha value is -4.31. The number of morpholine rings is 1. The van der Waals surface area contributed by atoms with Crippen molar-refractivity contribution in [1.29, 1.82) is 0 Å². The van der Waals surface area contributed by atoms with Crippen molar-refractivity contribution >= 4 is 34.2 Å². The van der Waals surface area contributed by atoms with Crippen LogP contribution in [-0.4, -0.2) is 63.6 Å². The Kier molecular flexibility index (Phi) is 8.14. The fraction of sp³-hybridized carbons (Fsp3) is 0.375. The second-order valence-electron chi connectivity index (χ2n) is 11.0. The van der Waals surface area contributed by atoms with Crippen LogP contribution in [0, 0.1) is 5.82 Å². The zero-order valence-corrected chi connectivity index (χ0v) is 23.5. The Morgan fingerprint density at radius 1 is 0.929 bits per heavy atom. The van der Waals surface area contributed by atoms with Gasteiger partial charge in [-0.25, -0.2) is 9.07 Å². The van der Waals surface area contributed by atoms with Crippen molar-refractivity contribution in [2.45, 2.75) is 50.7 Å². The Labute approximate surface area is 244 Å². The van der Waals surface area contributed by atoms with Crippen molar-refractivity contribution in [3.05, 3.63) is 84.2 Å². The monoisotopic (exact) mass is 570 g/mol. The molecule has 3 aromatic carbocycles. The molecule has 1 saturated carbocycles. The summed E-state index contributed by atoms with van der Waals surface area (Å²) in [6, 6.07) is 21.6. The highest BCUT2D eigenvalue weighted by Gasteiger charge is 2.47. The van der Waals surface area contributed by atoms with Gasteiger partial charge in [0.2, 0.25) is 11.8 Å². The van der Waals surface area contributed by atoms with Gasteiger partial charge in [-0.15, -0.1) is 5.10 Å². The van der Waals surface area contributed by atoms with E-state index in [1.165, 1.54) is 6.07 Å². The Balaban J connectivity index is 1.31. The van der Waals surface area contributed by atoms with Crippen LogP contribution in [0.1, 0.15) is 37.7 Å². The summed E-state index contributed by atoms with van der Waals surface area (Å²) in [7, 11) is 0. The molecule has 0 bridgehead atoms. The maximum absolute atomic E-state index is 15.0. The molecule has 2 fully saturated rings. The maximum atomic E-state index is 15.0. The summed E-state index contributed by atoms with van der Waals surface area (Å²) in [6.45, 7) is 2.89. The average Bonchev–Trinajstić information content (AvgIpc) is 3.44. The van der Waals surface area contributed by atoms with Crippen molar-refractivity contribution in [3.63, 3.8) is 0 Å². The lowest BCUT2D eigenvalue weighted by atomic mass is 9.78. The molecular formula is C32H35FN6O3. The molecule has 10 heteroatoms. The lowest BCUT2D eigenvalue weighted by Crippen LogP contribution is -2.60. The summed E-state index contributed by atoms with van der Waals surface area (Å²) in [5, 5.41) is 11.5. The molecule has 42 heavy (non-hydrogen) atoms. The number of nitrogens with zero attached hydrogens (tertiary/aromatic N) is 5. The first-order valence-corrected chi connectivity index (χ1v) is 14.6. The molecule has 2 heterocycles. The zero-order valence-electron chi connectivity index (χ0n) is 23.5. The second kappa shape index (κ2) is 12.3. The summed E-state index contributed by atoms with van der Waals surface area (Å²) in [5.41, 5.74) is 2.34. The van der Waals surface area contributed by atoms with Crippen LogP contribution in [0.15, 0.2) is 72.8 Å². The number of anilines is 2. The lowest BCUT2D eigenvalue weighted by Gasteiger charge is -2.45. The van der Waals surface area contributed by atoms with E-state index in [2.05, 4.69) is 20.5 Å². The van der Waals surface area contributed by atoms with Gasteiger partial charge in [0.05, 0.1) is 18.7 Å². The number of fused-ring (bicyclic) bond motifs is 1. The van der Waals surface area contributed by atoms with E-state index in [0.29, 0.717) is 42.8 Å². The fourth-order valence-corrected chi connectivity index (χ4v) is 6.10. The first-order valence-electron chi connectivity index (χ1n) is 14.6. The third kappa shape index (κ3) is 5.72. The first kappa shape index (κ1) is 27.8. The smallest absolute Gasteiger partial charge is 0.250 e. The number of halogens is 1. The highest BCUT2D eigenvalue weighted by Crippen LogP contribution is 2.37. The zero-order chi connectivity index (χ0) is 28.9. The summed E-state index contributed by atoms with van der Waals surface area (Å²) < 4.78 is 22.0. The summed E-state index contributed by atoms with van der Waals surface area (Å²) >= 11 is 0. The topological polar surface area (TPSA) is 92.6 Å². The highest BCUT2D eigenvalue weighted by atomic mass is 19.1. The van der Waals surface area contributed by atoms with Gasteiger partial charge in [0.15, 0.2) is 0 Å². The molecule has 1 aliphatic heterocycles. The Morgan fingerprint density at radius 2 is 1.64 bits per heavy atom. The number of benzene rings is 3. The van der Waals surface area contributed by atoms with Crippen LogP contribution in [0.3, 0.4) is 0 Å². The van der Waals surface area contributed by atoms with Crippen LogP contribution >= 0.6 is 0 Å². The number of carbonyl (C=O) groups excluding carboxylic acids is 2. The number of hydrogen-bond donors (Lipinski definition) is 1. The van der Waals surface area contributed by atoms with Crippen LogP contribution in [0.5, 0.6) is 0 Å². The molecule has 0 spiro atoms. The molecule has 0 atom stereocenters. The standard InChI is InChI=1S/C32H35FN6O3/c33-27-9-3-2-8-24(27)22-38(30(40)23-39-29-11-5-4-10-28(29)35-36-39)32(16-6-1-7-17-32)31(41)34-25-12-14-26(15-13-25)37-18-20-42-21-19-37/h2-5,8-15H,1,6-7,16-23H2,(H,34,41). The Bertz CT molecular complexity index is 1540. The number of rotatable bonds is 8. The molecule has 2 aliphatic rings. The summed E-state index contributed by atoms with van der Waals surface area (Å²) in [6.07, 6.45) is 3.53. The van der Waals surface area contributed by atoms with Crippen LogP contribution in [0.4, 0.5) is 15.8 Å². The number of carbonyl (C=O) groups is 2. The van der Waals surface area contributed by atoms with E-state index >= 15 is 0 Å². The Morgan fingerprint density at radius 3 is 2.40 bits per heavy atom. The van der Waals surface area contributed by atoms with E-state index in [0.717, 1.165) is 43.6 Å². The molecule has 6 rings (SSSR count).